The SMILES string of the molecule is COCOc1cc(-c2c(F)cc3c(OC(C)(C)C)nc(OCC4(CN(C)CCCCCC(=O)OC)CC4)nc3c2F)c2c(C#C[Si](C(C)C)(C(C)C)C(C)C)cccc2c1. The van der Waals surface area contributed by atoms with E-state index in [2.05, 4.69) is 74.9 Å². The van der Waals surface area contributed by atoms with Crippen LogP contribution < -0.4 is 14.2 Å². The number of hydrogen-bond acceptors (Lipinski definition) is 9. The largest absolute Gasteiger partial charge is 0.471 e. The van der Waals surface area contributed by atoms with Gasteiger partial charge in [0.15, 0.2) is 12.6 Å². The van der Waals surface area contributed by atoms with Crippen LogP contribution in [0.3, 0.4) is 0 Å². The van der Waals surface area contributed by atoms with Crippen molar-refractivity contribution in [3.05, 3.63) is 53.6 Å². The summed E-state index contributed by atoms with van der Waals surface area (Å²) in [7, 11) is 2.85. The Morgan fingerprint density at radius 3 is 2.27 bits per heavy atom. The Balaban J connectivity index is 1.59. The van der Waals surface area contributed by atoms with E-state index < -0.39 is 25.3 Å². The van der Waals surface area contributed by atoms with E-state index in [1.54, 1.807) is 6.07 Å². The first-order chi connectivity index (χ1) is 28.3. The van der Waals surface area contributed by atoms with E-state index >= 15 is 8.78 Å². The second-order valence-electron chi connectivity index (χ2n) is 18.5. The van der Waals surface area contributed by atoms with Gasteiger partial charge in [-0.1, -0.05) is 66.0 Å². The highest BCUT2D eigenvalue weighted by molar-refractivity contribution is 6.90. The van der Waals surface area contributed by atoms with Crippen molar-refractivity contribution < 1.29 is 37.3 Å². The molecule has 0 N–H and O–H groups in total. The van der Waals surface area contributed by atoms with Gasteiger partial charge in [0.05, 0.1) is 24.7 Å². The summed E-state index contributed by atoms with van der Waals surface area (Å²) in [4.78, 5) is 22.9. The molecule has 1 aliphatic rings. The minimum atomic E-state index is -2.17. The highest BCUT2D eigenvalue weighted by atomic mass is 28.3. The molecule has 1 saturated carbocycles. The fourth-order valence-corrected chi connectivity index (χ4v) is 13.9. The normalized spacial score (nSPS) is 14.0. The lowest BCUT2D eigenvalue weighted by Crippen LogP contribution is -2.43. The predicted octanol–water partition coefficient (Wildman–Crippen LogP) is 11.3. The fraction of sp³-hybridized carbons (Fsp3) is 0.562. The highest BCUT2D eigenvalue weighted by Gasteiger charge is 2.45. The van der Waals surface area contributed by atoms with Gasteiger partial charge in [0.25, 0.3) is 0 Å². The number of esters is 1. The Bertz CT molecular complexity index is 2180. The van der Waals surface area contributed by atoms with Crippen LogP contribution in [0.4, 0.5) is 8.78 Å². The molecule has 0 bridgehead atoms. The van der Waals surface area contributed by atoms with Crippen LogP contribution >= 0.6 is 0 Å². The molecule has 12 heteroatoms. The number of aromatic nitrogens is 2. The van der Waals surface area contributed by atoms with E-state index in [4.69, 9.17) is 23.7 Å². The molecule has 0 aliphatic heterocycles. The molecule has 1 fully saturated rings. The number of carbonyl (C=O) groups is 1. The summed E-state index contributed by atoms with van der Waals surface area (Å²) in [5.74, 6) is 2.13. The Morgan fingerprint density at radius 2 is 1.65 bits per heavy atom. The quantitative estimate of drug-likeness (QED) is 0.0301. The average molecular weight is 846 g/mol. The number of rotatable bonds is 19. The molecule has 1 heterocycles. The number of hydrogen-bond donors (Lipinski definition) is 0. The van der Waals surface area contributed by atoms with Gasteiger partial charge in [0.1, 0.15) is 30.8 Å². The number of benzene rings is 3. The number of methoxy groups -OCH3 is 2. The van der Waals surface area contributed by atoms with Crippen molar-refractivity contribution in [2.45, 2.75) is 123 Å². The first kappa shape index (κ1) is 46.7. The lowest BCUT2D eigenvalue weighted by molar-refractivity contribution is -0.140. The van der Waals surface area contributed by atoms with Crippen molar-refractivity contribution in [3.63, 3.8) is 0 Å². The molecule has 4 aromatic rings. The van der Waals surface area contributed by atoms with Crippen LogP contribution in [0, 0.1) is 28.5 Å². The maximum atomic E-state index is 17.5. The summed E-state index contributed by atoms with van der Waals surface area (Å²) in [6.07, 6.45) is 5.06. The van der Waals surface area contributed by atoms with Crippen molar-refractivity contribution in [1.82, 2.24) is 14.9 Å². The summed E-state index contributed by atoms with van der Waals surface area (Å²) in [6.45, 7) is 21.1. The molecule has 0 unspecified atom stereocenters. The molecule has 5 rings (SSSR count). The lowest BCUT2D eigenvalue weighted by atomic mass is 9.93. The van der Waals surface area contributed by atoms with E-state index in [-0.39, 0.29) is 52.1 Å². The number of unbranched alkanes of at least 4 members (excludes halogenated alkanes) is 2. The number of ether oxygens (including phenoxy) is 5. The van der Waals surface area contributed by atoms with Crippen LogP contribution in [0.5, 0.6) is 17.6 Å². The third kappa shape index (κ3) is 10.9. The van der Waals surface area contributed by atoms with Gasteiger partial charge in [-0.3, -0.25) is 4.79 Å². The number of halogens is 2. The summed E-state index contributed by atoms with van der Waals surface area (Å²) in [6, 6.07) is 10.4. The van der Waals surface area contributed by atoms with E-state index in [9.17, 15) is 4.79 Å². The van der Waals surface area contributed by atoms with Crippen molar-refractivity contribution in [2.24, 2.45) is 5.41 Å². The molecule has 0 radical (unpaired) electrons. The lowest BCUT2D eigenvalue weighted by Gasteiger charge is -2.38. The van der Waals surface area contributed by atoms with Gasteiger partial charge in [-0.05, 0) is 106 Å². The molecule has 3 aromatic carbocycles. The van der Waals surface area contributed by atoms with E-state index in [0.29, 0.717) is 46.4 Å². The van der Waals surface area contributed by atoms with Gasteiger partial charge in [-0.2, -0.15) is 9.97 Å². The second kappa shape index (κ2) is 19.6. The van der Waals surface area contributed by atoms with Gasteiger partial charge in [0, 0.05) is 42.0 Å². The summed E-state index contributed by atoms with van der Waals surface area (Å²) in [5, 5.41) is 1.44. The second-order valence-corrected chi connectivity index (χ2v) is 24.0. The third-order valence-corrected chi connectivity index (χ3v) is 18.1. The molecule has 60 heavy (non-hydrogen) atoms. The molecule has 0 atom stereocenters. The highest BCUT2D eigenvalue weighted by Crippen LogP contribution is 2.47. The van der Waals surface area contributed by atoms with Crippen molar-refractivity contribution in [3.8, 4) is 40.2 Å². The predicted molar refractivity (Wildman–Crippen MR) is 238 cm³/mol. The van der Waals surface area contributed by atoms with E-state index in [1.165, 1.54) is 20.3 Å². The molecular formula is C48H65F2N3O6Si. The smallest absolute Gasteiger partial charge is 0.320 e. The minimum Gasteiger partial charge on any atom is -0.471 e. The standard InChI is InChI=1S/C48H65F2N3O6Si/c1-31(2)60(32(3)4,33(5)6)24-20-34-17-16-18-35-25-36(58-30-55-11)26-37(41(34)35)42-39(49)27-38-44(43(42)50)51-46(52-45(38)59-47(7,8)9)57-29-48(21-22-48)28-53(10)23-15-13-14-19-40(54)56-12/h16-18,25-27,31-33H,13-15,19,21-23,28-30H2,1-12H3. The summed E-state index contributed by atoms with van der Waals surface area (Å²) in [5.41, 5.74) is 4.76. The number of carbonyl (C=O) groups excluding carboxylic acids is 1. The van der Waals surface area contributed by atoms with Gasteiger partial charge < -0.3 is 28.6 Å². The average Bonchev–Trinajstić information content (AvgIpc) is 3.94. The fourth-order valence-electron chi connectivity index (χ4n) is 8.67. The van der Waals surface area contributed by atoms with Gasteiger partial charge in [-0.15, -0.1) is 5.54 Å². The van der Waals surface area contributed by atoms with Crippen LogP contribution in [0.15, 0.2) is 36.4 Å². The van der Waals surface area contributed by atoms with Gasteiger partial charge in [0.2, 0.25) is 5.88 Å². The van der Waals surface area contributed by atoms with Crippen LogP contribution in [-0.4, -0.2) is 82.3 Å². The Kier molecular flexibility index (Phi) is 15.3. The van der Waals surface area contributed by atoms with Crippen LogP contribution in [0.25, 0.3) is 32.8 Å². The van der Waals surface area contributed by atoms with Crippen LogP contribution in [-0.2, 0) is 14.3 Å². The van der Waals surface area contributed by atoms with E-state index in [1.807, 2.05) is 45.0 Å². The molecule has 9 nitrogen and oxygen atoms in total. The Labute approximate surface area is 356 Å². The number of nitrogens with zero attached hydrogens (tertiary/aromatic N) is 3. The zero-order chi connectivity index (χ0) is 44.0. The molecule has 0 spiro atoms. The van der Waals surface area contributed by atoms with Crippen molar-refractivity contribution >= 4 is 35.7 Å². The monoisotopic (exact) mass is 845 g/mol. The minimum absolute atomic E-state index is 0.0340. The topological polar surface area (TPSA) is 92.2 Å². The summed E-state index contributed by atoms with van der Waals surface area (Å²) < 4.78 is 62.7. The molecular weight excluding hydrogens is 781 g/mol. The molecule has 0 saturated heterocycles. The zero-order valence-electron chi connectivity index (χ0n) is 37.8. The van der Waals surface area contributed by atoms with Crippen LogP contribution in [0.1, 0.15) is 106 Å². The first-order valence-corrected chi connectivity index (χ1v) is 23.6. The van der Waals surface area contributed by atoms with Crippen LogP contribution in [0.2, 0.25) is 16.6 Å². The van der Waals surface area contributed by atoms with Crippen molar-refractivity contribution in [1.29, 1.82) is 0 Å². The summed E-state index contributed by atoms with van der Waals surface area (Å²) >= 11 is 0. The van der Waals surface area contributed by atoms with Crippen molar-refractivity contribution in [2.75, 3.05) is 47.8 Å². The maximum absolute atomic E-state index is 17.5. The van der Waals surface area contributed by atoms with E-state index in [0.717, 1.165) is 50.6 Å². The Hall–Kier alpha value is -4.31. The molecule has 0 amide bonds. The zero-order valence-corrected chi connectivity index (χ0v) is 38.8. The maximum Gasteiger partial charge on any atom is 0.320 e. The number of fused-ring (bicyclic) bond motifs is 2. The molecule has 1 aliphatic carbocycles. The third-order valence-electron chi connectivity index (χ3n) is 11.8. The van der Waals surface area contributed by atoms with Gasteiger partial charge in [-0.25, -0.2) is 8.78 Å². The molecule has 1 aromatic heterocycles. The first-order valence-electron chi connectivity index (χ1n) is 21.3. The molecule has 326 valence electrons. The Morgan fingerprint density at radius 1 is 0.950 bits per heavy atom. The van der Waals surface area contributed by atoms with Gasteiger partial charge >= 0.3 is 12.0 Å².